The molecule has 0 atom stereocenters. The van der Waals surface area contributed by atoms with E-state index < -0.39 is 11.7 Å². The Bertz CT molecular complexity index is 784. The van der Waals surface area contributed by atoms with Crippen LogP contribution in [0.3, 0.4) is 0 Å². The van der Waals surface area contributed by atoms with Crippen LogP contribution in [0.15, 0.2) is 42.6 Å². The summed E-state index contributed by atoms with van der Waals surface area (Å²) in [6.45, 7) is 3.73. The number of carbonyl (C=O) groups excluding carboxylic acids is 1. The van der Waals surface area contributed by atoms with Crippen molar-refractivity contribution < 1.29 is 18.0 Å². The number of hydrogen-bond acceptors (Lipinski definition) is 4. The molecule has 3 rings (SSSR count). The highest BCUT2D eigenvalue weighted by Gasteiger charge is 2.30. The first-order valence-electron chi connectivity index (χ1n) is 8.67. The Kier molecular flexibility index (Phi) is 5.65. The van der Waals surface area contributed by atoms with E-state index in [0.717, 1.165) is 44.1 Å². The Hall–Kier alpha value is -2.61. The van der Waals surface area contributed by atoms with E-state index in [2.05, 4.69) is 27.1 Å². The Morgan fingerprint density at radius 2 is 1.89 bits per heavy atom. The largest absolute Gasteiger partial charge is 0.416 e. The number of nitrogens with one attached hydrogen (secondary N) is 1. The van der Waals surface area contributed by atoms with Crippen LogP contribution in [-0.4, -0.2) is 49.0 Å². The molecule has 0 spiro atoms. The number of aromatic nitrogens is 1. The number of hydrogen-bond donors (Lipinski definition) is 1. The molecular weight excluding hydrogens is 357 g/mol. The molecule has 2 aromatic rings. The molecule has 2 heterocycles. The Morgan fingerprint density at radius 1 is 1.15 bits per heavy atom. The van der Waals surface area contributed by atoms with Gasteiger partial charge in [-0.2, -0.15) is 13.2 Å². The van der Waals surface area contributed by atoms with Gasteiger partial charge in [-0.25, -0.2) is 4.98 Å². The third kappa shape index (κ3) is 5.19. The summed E-state index contributed by atoms with van der Waals surface area (Å²) in [5.41, 5.74) is 0.0696. The number of anilines is 2. The fourth-order valence-electron chi connectivity index (χ4n) is 2.93. The van der Waals surface area contributed by atoms with Crippen LogP contribution < -0.4 is 10.2 Å². The molecule has 0 saturated carbocycles. The van der Waals surface area contributed by atoms with Gasteiger partial charge in [0, 0.05) is 26.2 Å². The summed E-state index contributed by atoms with van der Waals surface area (Å²) in [4.78, 5) is 20.9. The highest BCUT2D eigenvalue weighted by atomic mass is 19.4. The number of pyridine rings is 1. The quantitative estimate of drug-likeness (QED) is 0.889. The van der Waals surface area contributed by atoms with Crippen LogP contribution >= 0.6 is 0 Å². The Morgan fingerprint density at radius 3 is 2.52 bits per heavy atom. The molecule has 0 aliphatic carbocycles. The Labute approximate surface area is 155 Å². The summed E-state index contributed by atoms with van der Waals surface area (Å²) in [6.07, 6.45) is -2.99. The number of benzene rings is 1. The molecule has 1 amide bonds. The van der Waals surface area contributed by atoms with Gasteiger partial charge in [0.05, 0.1) is 23.9 Å². The van der Waals surface area contributed by atoms with Crippen molar-refractivity contribution in [2.75, 3.05) is 43.4 Å². The molecule has 0 unspecified atom stereocenters. The van der Waals surface area contributed by atoms with E-state index in [0.29, 0.717) is 11.3 Å². The maximum atomic E-state index is 12.7. The zero-order valence-corrected chi connectivity index (χ0v) is 15.0. The van der Waals surface area contributed by atoms with Gasteiger partial charge in [0.1, 0.15) is 5.82 Å². The molecule has 8 heteroatoms. The highest BCUT2D eigenvalue weighted by Crippen LogP contribution is 2.29. The zero-order chi connectivity index (χ0) is 19.4. The molecule has 27 heavy (non-hydrogen) atoms. The first kappa shape index (κ1) is 19.2. The van der Waals surface area contributed by atoms with Gasteiger partial charge in [0.15, 0.2) is 0 Å². The minimum absolute atomic E-state index is 0.135. The van der Waals surface area contributed by atoms with Crippen molar-refractivity contribution in [3.8, 4) is 0 Å². The molecule has 5 nitrogen and oxygen atoms in total. The standard InChI is InChI=1S/C19H21F3N4O/c1-25-7-9-26(10-8-25)17-6-5-16(13-23-17)24-18(27)12-14-3-2-4-15(11-14)19(20,21)22/h2-6,11,13H,7-10,12H2,1H3,(H,24,27). The van der Waals surface area contributed by atoms with Crippen LogP contribution in [0.5, 0.6) is 0 Å². The maximum absolute atomic E-state index is 12.7. The lowest BCUT2D eigenvalue weighted by Crippen LogP contribution is -2.44. The van der Waals surface area contributed by atoms with Crippen LogP contribution in [0, 0.1) is 0 Å². The third-order valence-electron chi connectivity index (χ3n) is 4.48. The van der Waals surface area contributed by atoms with Crippen molar-refractivity contribution in [1.82, 2.24) is 9.88 Å². The normalized spacial score (nSPS) is 15.6. The van der Waals surface area contributed by atoms with Crippen molar-refractivity contribution in [3.05, 3.63) is 53.7 Å². The first-order chi connectivity index (χ1) is 12.8. The summed E-state index contributed by atoms with van der Waals surface area (Å²) in [5, 5.41) is 2.68. The molecule has 1 fully saturated rings. The van der Waals surface area contributed by atoms with Gasteiger partial charge < -0.3 is 15.1 Å². The summed E-state index contributed by atoms with van der Waals surface area (Å²) in [7, 11) is 2.08. The number of halogens is 3. The van der Waals surface area contributed by atoms with Crippen molar-refractivity contribution >= 4 is 17.4 Å². The molecule has 144 valence electrons. The molecule has 1 N–H and O–H groups in total. The lowest BCUT2D eigenvalue weighted by molar-refractivity contribution is -0.137. The first-order valence-corrected chi connectivity index (χ1v) is 8.67. The number of likely N-dealkylation sites (N-methyl/N-ethyl adjacent to an activating group) is 1. The van der Waals surface area contributed by atoms with E-state index in [1.54, 1.807) is 12.3 Å². The third-order valence-corrected chi connectivity index (χ3v) is 4.48. The van der Waals surface area contributed by atoms with Crippen LogP contribution in [0.1, 0.15) is 11.1 Å². The number of rotatable bonds is 4. The van der Waals surface area contributed by atoms with Crippen molar-refractivity contribution in [2.45, 2.75) is 12.6 Å². The molecule has 1 aliphatic rings. The van der Waals surface area contributed by atoms with E-state index >= 15 is 0 Å². The van der Waals surface area contributed by atoms with Crippen molar-refractivity contribution in [3.63, 3.8) is 0 Å². The fourth-order valence-corrected chi connectivity index (χ4v) is 2.93. The number of nitrogens with zero attached hydrogens (tertiary/aromatic N) is 3. The lowest BCUT2D eigenvalue weighted by atomic mass is 10.1. The molecule has 1 aromatic heterocycles. The summed E-state index contributed by atoms with van der Waals surface area (Å²) in [5.74, 6) is 0.461. The van der Waals surface area contributed by atoms with Crippen molar-refractivity contribution in [2.24, 2.45) is 0 Å². The second-order valence-electron chi connectivity index (χ2n) is 6.62. The van der Waals surface area contributed by atoms with Gasteiger partial charge in [-0.3, -0.25) is 4.79 Å². The second-order valence-corrected chi connectivity index (χ2v) is 6.62. The smallest absolute Gasteiger partial charge is 0.354 e. The minimum atomic E-state index is -4.42. The highest BCUT2D eigenvalue weighted by molar-refractivity contribution is 5.92. The Balaban J connectivity index is 1.58. The van der Waals surface area contributed by atoms with E-state index in [1.807, 2.05) is 6.07 Å². The van der Waals surface area contributed by atoms with Gasteiger partial charge in [-0.15, -0.1) is 0 Å². The van der Waals surface area contributed by atoms with Crippen LogP contribution in [-0.2, 0) is 17.4 Å². The predicted octanol–water partition coefficient (Wildman–Crippen LogP) is 3.03. The van der Waals surface area contributed by atoms with E-state index in [9.17, 15) is 18.0 Å². The summed E-state index contributed by atoms with van der Waals surface area (Å²) < 4.78 is 38.2. The second kappa shape index (κ2) is 7.96. The topological polar surface area (TPSA) is 48.5 Å². The average Bonchev–Trinajstić information content (AvgIpc) is 2.62. The molecule has 1 aromatic carbocycles. The number of alkyl halides is 3. The van der Waals surface area contributed by atoms with Gasteiger partial charge in [0.2, 0.25) is 5.91 Å². The molecular formula is C19H21F3N4O. The SMILES string of the molecule is CN1CCN(c2ccc(NC(=O)Cc3cccc(C(F)(F)F)c3)cn2)CC1. The molecule has 1 saturated heterocycles. The number of amides is 1. The predicted molar refractivity (Wildman–Crippen MR) is 97.7 cm³/mol. The molecule has 1 aliphatic heterocycles. The van der Waals surface area contributed by atoms with Gasteiger partial charge in [-0.05, 0) is 30.8 Å². The monoisotopic (exact) mass is 378 g/mol. The number of piperazine rings is 1. The van der Waals surface area contributed by atoms with E-state index in [4.69, 9.17) is 0 Å². The summed E-state index contributed by atoms with van der Waals surface area (Å²) in [6, 6.07) is 8.38. The molecule has 0 radical (unpaired) electrons. The maximum Gasteiger partial charge on any atom is 0.416 e. The fraction of sp³-hybridized carbons (Fsp3) is 0.368. The van der Waals surface area contributed by atoms with Crippen LogP contribution in [0.25, 0.3) is 0 Å². The average molecular weight is 378 g/mol. The van der Waals surface area contributed by atoms with E-state index in [-0.39, 0.29) is 12.3 Å². The van der Waals surface area contributed by atoms with Gasteiger partial charge in [0.25, 0.3) is 0 Å². The number of carbonyl (C=O) groups is 1. The molecule has 0 bridgehead atoms. The van der Waals surface area contributed by atoms with Gasteiger partial charge >= 0.3 is 6.18 Å². The van der Waals surface area contributed by atoms with Gasteiger partial charge in [-0.1, -0.05) is 18.2 Å². The van der Waals surface area contributed by atoms with Crippen LogP contribution in [0.4, 0.5) is 24.7 Å². The van der Waals surface area contributed by atoms with E-state index in [1.165, 1.54) is 12.1 Å². The van der Waals surface area contributed by atoms with Crippen LogP contribution in [0.2, 0.25) is 0 Å². The minimum Gasteiger partial charge on any atom is -0.354 e. The lowest BCUT2D eigenvalue weighted by Gasteiger charge is -2.33. The zero-order valence-electron chi connectivity index (χ0n) is 15.0. The van der Waals surface area contributed by atoms with Crippen molar-refractivity contribution in [1.29, 1.82) is 0 Å². The summed E-state index contributed by atoms with van der Waals surface area (Å²) >= 11 is 0.